The number of piperidine rings is 1. The third kappa shape index (κ3) is 2.86. The van der Waals surface area contributed by atoms with Crippen LogP contribution in [0.1, 0.15) is 46.0 Å². The first kappa shape index (κ1) is 16.1. The van der Waals surface area contributed by atoms with Crippen molar-refractivity contribution in [2.45, 2.75) is 57.6 Å². The predicted octanol–water partition coefficient (Wildman–Crippen LogP) is 1.53. The van der Waals surface area contributed by atoms with Crippen molar-refractivity contribution in [3.63, 3.8) is 0 Å². The molecule has 0 saturated carbocycles. The number of nitrogens with zero attached hydrogens (tertiary/aromatic N) is 2. The van der Waals surface area contributed by atoms with Crippen molar-refractivity contribution >= 4 is 12.0 Å². The number of carbonyl (C=O) groups is 2. The van der Waals surface area contributed by atoms with Crippen LogP contribution in [-0.2, 0) is 4.79 Å². The number of hydrogen-bond donors (Lipinski definition) is 2. The van der Waals surface area contributed by atoms with Crippen LogP contribution in [0.4, 0.5) is 4.79 Å². The van der Waals surface area contributed by atoms with Gasteiger partial charge in [0.1, 0.15) is 5.54 Å². The van der Waals surface area contributed by atoms with Crippen LogP contribution in [0.3, 0.4) is 0 Å². The molecular formula is C15H26N2O4. The second-order valence-electron chi connectivity index (χ2n) is 6.29. The van der Waals surface area contributed by atoms with Crippen LogP contribution < -0.4 is 0 Å². The number of aliphatic hydroxyl groups excluding tert-OH is 1. The highest BCUT2D eigenvalue weighted by Gasteiger charge is 2.49. The topological polar surface area (TPSA) is 81.1 Å². The third-order valence-electron chi connectivity index (χ3n) is 5.20. The lowest BCUT2D eigenvalue weighted by atomic mass is 9.91. The number of carboxylic acid groups (broad SMARTS) is 1. The maximum atomic E-state index is 12.7. The number of hydrogen-bond acceptors (Lipinski definition) is 3. The van der Waals surface area contributed by atoms with E-state index in [0.717, 1.165) is 19.3 Å². The number of aliphatic carboxylic acids is 1. The van der Waals surface area contributed by atoms with Gasteiger partial charge in [-0.3, -0.25) is 0 Å². The van der Waals surface area contributed by atoms with Crippen molar-refractivity contribution in [3.05, 3.63) is 0 Å². The average Bonchev–Trinajstić information content (AvgIpc) is 2.91. The second-order valence-corrected chi connectivity index (χ2v) is 6.29. The lowest BCUT2D eigenvalue weighted by molar-refractivity contribution is -0.148. The predicted molar refractivity (Wildman–Crippen MR) is 78.0 cm³/mol. The first-order valence-corrected chi connectivity index (χ1v) is 7.90. The van der Waals surface area contributed by atoms with E-state index in [0.29, 0.717) is 32.5 Å². The van der Waals surface area contributed by atoms with E-state index >= 15 is 0 Å². The fourth-order valence-electron chi connectivity index (χ4n) is 3.64. The summed E-state index contributed by atoms with van der Waals surface area (Å²) in [5.74, 6) is -0.655. The van der Waals surface area contributed by atoms with E-state index in [1.54, 1.807) is 16.7 Å². The Bertz CT molecular complexity index is 404. The van der Waals surface area contributed by atoms with Crippen molar-refractivity contribution < 1.29 is 19.8 Å². The summed E-state index contributed by atoms with van der Waals surface area (Å²) in [7, 11) is 0. The Morgan fingerprint density at radius 2 is 1.90 bits per heavy atom. The summed E-state index contributed by atoms with van der Waals surface area (Å²) < 4.78 is 0. The summed E-state index contributed by atoms with van der Waals surface area (Å²) >= 11 is 0. The summed E-state index contributed by atoms with van der Waals surface area (Å²) in [5.41, 5.74) is -1.03. The van der Waals surface area contributed by atoms with E-state index in [4.69, 9.17) is 0 Å². The molecule has 0 aromatic carbocycles. The average molecular weight is 298 g/mol. The maximum absolute atomic E-state index is 12.7. The van der Waals surface area contributed by atoms with Crippen LogP contribution in [0.2, 0.25) is 0 Å². The smallest absolute Gasteiger partial charge is 0.329 e. The van der Waals surface area contributed by atoms with Gasteiger partial charge in [0, 0.05) is 19.6 Å². The molecule has 2 atom stereocenters. The summed E-state index contributed by atoms with van der Waals surface area (Å²) in [6.07, 6.45) is 2.94. The Labute approximate surface area is 125 Å². The molecule has 2 unspecified atom stereocenters. The molecule has 2 aliphatic heterocycles. The van der Waals surface area contributed by atoms with Gasteiger partial charge in [-0.25, -0.2) is 9.59 Å². The zero-order valence-electron chi connectivity index (χ0n) is 12.9. The van der Waals surface area contributed by atoms with Gasteiger partial charge in [-0.2, -0.15) is 0 Å². The van der Waals surface area contributed by atoms with E-state index < -0.39 is 11.5 Å². The van der Waals surface area contributed by atoms with E-state index in [1.807, 2.05) is 6.92 Å². The molecule has 120 valence electrons. The maximum Gasteiger partial charge on any atom is 0.329 e. The Kier molecular flexibility index (Phi) is 4.76. The molecule has 6 heteroatoms. The Morgan fingerprint density at radius 1 is 1.29 bits per heavy atom. The molecule has 21 heavy (non-hydrogen) atoms. The van der Waals surface area contributed by atoms with E-state index in [-0.39, 0.29) is 18.1 Å². The molecule has 2 amide bonds. The lowest BCUT2D eigenvalue weighted by Crippen LogP contribution is -2.57. The number of carboxylic acids is 1. The Balaban J connectivity index is 2.05. The Hall–Kier alpha value is -1.30. The van der Waals surface area contributed by atoms with Gasteiger partial charge in [0.25, 0.3) is 0 Å². The summed E-state index contributed by atoms with van der Waals surface area (Å²) in [5, 5.41) is 19.2. The van der Waals surface area contributed by atoms with Crippen LogP contribution in [0.25, 0.3) is 0 Å². The summed E-state index contributed by atoms with van der Waals surface area (Å²) in [4.78, 5) is 27.6. The van der Waals surface area contributed by atoms with Crippen LogP contribution >= 0.6 is 0 Å². The number of carbonyl (C=O) groups excluding carboxylic acids is 1. The van der Waals surface area contributed by atoms with Gasteiger partial charge in [-0.15, -0.1) is 0 Å². The SMILES string of the molecule is CCC1(C(=O)O)CCCN1C(=O)N1CCC(C(C)O)CC1. The van der Waals surface area contributed by atoms with Crippen molar-refractivity contribution in [3.8, 4) is 0 Å². The number of aliphatic hydroxyl groups is 1. The number of amides is 2. The molecule has 2 heterocycles. The van der Waals surface area contributed by atoms with Gasteiger partial charge in [-0.05, 0) is 44.9 Å². The van der Waals surface area contributed by atoms with Gasteiger partial charge < -0.3 is 20.0 Å². The fraction of sp³-hybridized carbons (Fsp3) is 0.867. The van der Waals surface area contributed by atoms with Crippen LogP contribution in [0.5, 0.6) is 0 Å². The molecule has 2 aliphatic rings. The number of rotatable bonds is 3. The van der Waals surface area contributed by atoms with Gasteiger partial charge in [0.2, 0.25) is 0 Å². The molecule has 0 bridgehead atoms. The number of urea groups is 1. The van der Waals surface area contributed by atoms with Gasteiger partial charge in [0.05, 0.1) is 6.10 Å². The molecule has 0 aliphatic carbocycles. The van der Waals surface area contributed by atoms with Crippen LogP contribution in [0, 0.1) is 5.92 Å². The van der Waals surface area contributed by atoms with Crippen LogP contribution in [-0.4, -0.2) is 63.3 Å². The van der Waals surface area contributed by atoms with Crippen molar-refractivity contribution in [2.24, 2.45) is 5.92 Å². The lowest BCUT2D eigenvalue weighted by Gasteiger charge is -2.40. The molecule has 2 fully saturated rings. The first-order chi connectivity index (χ1) is 9.92. The molecule has 2 N–H and O–H groups in total. The molecule has 0 aromatic heterocycles. The molecule has 2 saturated heterocycles. The minimum atomic E-state index is -1.03. The highest BCUT2D eigenvalue weighted by molar-refractivity contribution is 5.87. The molecule has 0 spiro atoms. The van der Waals surface area contributed by atoms with Crippen molar-refractivity contribution in [1.82, 2.24) is 9.80 Å². The zero-order chi connectivity index (χ0) is 15.6. The van der Waals surface area contributed by atoms with E-state index in [2.05, 4.69) is 0 Å². The minimum Gasteiger partial charge on any atom is -0.479 e. The van der Waals surface area contributed by atoms with Crippen molar-refractivity contribution in [1.29, 1.82) is 0 Å². The second kappa shape index (κ2) is 6.22. The third-order valence-corrected chi connectivity index (χ3v) is 5.20. The zero-order valence-corrected chi connectivity index (χ0v) is 12.9. The minimum absolute atomic E-state index is 0.152. The standard InChI is InChI=1S/C15H26N2O4/c1-3-15(13(19)20)7-4-8-17(15)14(21)16-9-5-12(6-10-16)11(2)18/h11-12,18H,3-10H2,1-2H3,(H,19,20). The quantitative estimate of drug-likeness (QED) is 0.828. The van der Waals surface area contributed by atoms with Crippen molar-refractivity contribution in [2.75, 3.05) is 19.6 Å². The molecular weight excluding hydrogens is 272 g/mol. The number of likely N-dealkylation sites (tertiary alicyclic amines) is 2. The monoisotopic (exact) mass is 298 g/mol. The highest BCUT2D eigenvalue weighted by Crippen LogP contribution is 2.34. The molecule has 0 radical (unpaired) electrons. The normalized spacial score (nSPS) is 28.7. The largest absolute Gasteiger partial charge is 0.479 e. The summed E-state index contributed by atoms with van der Waals surface area (Å²) in [6, 6.07) is -0.152. The fourth-order valence-corrected chi connectivity index (χ4v) is 3.64. The highest BCUT2D eigenvalue weighted by atomic mass is 16.4. The molecule has 0 aromatic rings. The Morgan fingerprint density at radius 3 is 2.38 bits per heavy atom. The molecule has 2 rings (SSSR count). The van der Waals surface area contributed by atoms with E-state index in [9.17, 15) is 19.8 Å². The van der Waals surface area contributed by atoms with Gasteiger partial charge in [-0.1, -0.05) is 6.92 Å². The van der Waals surface area contributed by atoms with Gasteiger partial charge in [0.15, 0.2) is 0 Å². The van der Waals surface area contributed by atoms with Crippen LogP contribution in [0.15, 0.2) is 0 Å². The first-order valence-electron chi connectivity index (χ1n) is 7.90. The van der Waals surface area contributed by atoms with E-state index in [1.165, 1.54) is 0 Å². The van der Waals surface area contributed by atoms with Gasteiger partial charge >= 0.3 is 12.0 Å². The molecule has 6 nitrogen and oxygen atoms in total. The summed E-state index contributed by atoms with van der Waals surface area (Å²) in [6.45, 7) is 5.35.